The van der Waals surface area contributed by atoms with Gasteiger partial charge in [-0.05, 0) is 31.2 Å². The van der Waals surface area contributed by atoms with E-state index in [0.717, 1.165) is 11.3 Å². The Kier molecular flexibility index (Phi) is 8.66. The molecule has 30 heavy (non-hydrogen) atoms. The molecular weight excluding hydrogens is 408 g/mol. The zero-order valence-electron chi connectivity index (χ0n) is 17.2. The van der Waals surface area contributed by atoms with Gasteiger partial charge in [0.15, 0.2) is 0 Å². The summed E-state index contributed by atoms with van der Waals surface area (Å²) in [6.45, 7) is 4.50. The van der Waals surface area contributed by atoms with E-state index in [-0.39, 0.29) is 24.6 Å². The molecule has 2 heterocycles. The Balaban J connectivity index is 2.01. The number of carbonyl (C=O) groups excluding carboxylic acids is 2. The zero-order valence-corrected chi connectivity index (χ0v) is 18.0. The Hall–Kier alpha value is -3.08. The normalized spacial score (nSPS) is 10.6. The third-order valence-electron chi connectivity index (χ3n) is 4.47. The van der Waals surface area contributed by atoms with E-state index in [1.54, 1.807) is 18.3 Å². The molecule has 2 rings (SSSR count). The lowest BCUT2D eigenvalue weighted by atomic mass is 10.3. The molecule has 0 radical (unpaired) electrons. The summed E-state index contributed by atoms with van der Waals surface area (Å²) >= 11 is 1.59. The molecule has 0 aliphatic heterocycles. The molecule has 0 atom stereocenters. The van der Waals surface area contributed by atoms with Gasteiger partial charge in [-0.15, -0.1) is 11.3 Å². The van der Waals surface area contributed by atoms with Crippen LogP contribution in [0.25, 0.3) is 0 Å². The standard InChI is InChI=1S/C19H28N6O4S/c1-3-5-10-25-16(20)15(17(27)23-19(25)29)24(4-2)12-14(26)22-18(28)21-9-8-13-7-6-11-30-13/h6-7,11H,3-5,8-10,12,20H2,1-2H3,(H,23,27,29)(H2,21,22,26,28). The van der Waals surface area contributed by atoms with Crippen LogP contribution < -0.4 is 32.5 Å². The van der Waals surface area contributed by atoms with Gasteiger partial charge in [0.2, 0.25) is 5.91 Å². The number of amides is 3. The number of anilines is 2. The predicted molar refractivity (Wildman–Crippen MR) is 118 cm³/mol. The van der Waals surface area contributed by atoms with Gasteiger partial charge in [-0.3, -0.25) is 24.5 Å². The van der Waals surface area contributed by atoms with Gasteiger partial charge in [0.05, 0.1) is 6.54 Å². The third-order valence-corrected chi connectivity index (χ3v) is 5.41. The number of nitrogens with one attached hydrogen (secondary N) is 3. The summed E-state index contributed by atoms with van der Waals surface area (Å²) in [5.74, 6) is -0.581. The number of H-pyrrole nitrogens is 1. The van der Waals surface area contributed by atoms with Crippen LogP contribution in [0.3, 0.4) is 0 Å². The van der Waals surface area contributed by atoms with Crippen LogP contribution in [0.2, 0.25) is 0 Å². The van der Waals surface area contributed by atoms with E-state index in [1.807, 2.05) is 24.4 Å². The predicted octanol–water partition coefficient (Wildman–Crippen LogP) is 0.875. The van der Waals surface area contributed by atoms with Crippen LogP contribution in [0, 0.1) is 0 Å². The number of nitrogens with two attached hydrogens (primary N) is 1. The molecule has 0 saturated carbocycles. The fraction of sp³-hybridized carbons (Fsp3) is 0.474. The first-order valence-electron chi connectivity index (χ1n) is 9.84. The Labute approximate surface area is 178 Å². The molecule has 0 bridgehead atoms. The van der Waals surface area contributed by atoms with Gasteiger partial charge in [0.25, 0.3) is 5.56 Å². The Morgan fingerprint density at radius 2 is 2.07 bits per heavy atom. The van der Waals surface area contributed by atoms with Crippen molar-refractivity contribution < 1.29 is 9.59 Å². The van der Waals surface area contributed by atoms with Crippen molar-refractivity contribution in [3.8, 4) is 0 Å². The molecule has 0 spiro atoms. The van der Waals surface area contributed by atoms with E-state index in [4.69, 9.17) is 5.73 Å². The van der Waals surface area contributed by atoms with Crippen LogP contribution in [-0.4, -0.2) is 41.1 Å². The number of unbranched alkanes of at least 4 members (excludes halogenated alkanes) is 1. The molecule has 2 aromatic rings. The van der Waals surface area contributed by atoms with E-state index in [2.05, 4.69) is 15.6 Å². The SMILES string of the molecule is CCCCn1c(N)c(N(CC)CC(=O)NC(=O)NCCc2cccs2)c(=O)[nH]c1=O. The summed E-state index contributed by atoms with van der Waals surface area (Å²) in [6.07, 6.45) is 2.24. The average molecular weight is 437 g/mol. The van der Waals surface area contributed by atoms with Crippen molar-refractivity contribution >= 4 is 34.8 Å². The van der Waals surface area contributed by atoms with Gasteiger partial charge in [0, 0.05) is 24.5 Å². The number of nitrogens with zero attached hydrogens (tertiary/aromatic N) is 2. The Morgan fingerprint density at radius 1 is 1.30 bits per heavy atom. The minimum absolute atomic E-state index is 0.00671. The molecule has 0 aromatic carbocycles. The summed E-state index contributed by atoms with van der Waals surface area (Å²) in [5.41, 5.74) is 4.88. The highest BCUT2D eigenvalue weighted by Gasteiger charge is 2.20. The number of nitrogen functional groups attached to an aromatic ring is 1. The van der Waals surface area contributed by atoms with Crippen LogP contribution >= 0.6 is 11.3 Å². The fourth-order valence-corrected chi connectivity index (χ4v) is 3.62. The van der Waals surface area contributed by atoms with Crippen LogP contribution in [0.4, 0.5) is 16.3 Å². The fourth-order valence-electron chi connectivity index (χ4n) is 2.91. The molecule has 0 unspecified atom stereocenters. The molecule has 3 amide bonds. The summed E-state index contributed by atoms with van der Waals surface area (Å²) in [5, 5.41) is 6.82. The highest BCUT2D eigenvalue weighted by molar-refractivity contribution is 7.09. The second-order valence-corrected chi connectivity index (χ2v) is 7.68. The van der Waals surface area contributed by atoms with E-state index >= 15 is 0 Å². The number of thiophene rings is 1. The minimum atomic E-state index is -0.666. The van der Waals surface area contributed by atoms with Crippen molar-refractivity contribution in [2.75, 3.05) is 30.3 Å². The van der Waals surface area contributed by atoms with E-state index in [9.17, 15) is 19.2 Å². The summed E-state index contributed by atoms with van der Waals surface area (Å²) < 4.78 is 1.29. The molecule has 0 aliphatic rings. The number of urea groups is 1. The second-order valence-electron chi connectivity index (χ2n) is 6.65. The Morgan fingerprint density at radius 3 is 2.70 bits per heavy atom. The maximum Gasteiger partial charge on any atom is 0.330 e. The molecule has 2 aromatic heterocycles. The molecule has 0 aliphatic carbocycles. The lowest BCUT2D eigenvalue weighted by molar-refractivity contribution is -0.118. The molecule has 164 valence electrons. The second kappa shape index (κ2) is 11.2. The van der Waals surface area contributed by atoms with Crippen molar-refractivity contribution in [1.29, 1.82) is 0 Å². The van der Waals surface area contributed by atoms with Gasteiger partial charge in [-0.25, -0.2) is 9.59 Å². The smallest absolute Gasteiger partial charge is 0.330 e. The largest absolute Gasteiger partial charge is 0.383 e. The monoisotopic (exact) mass is 436 g/mol. The topological polar surface area (TPSA) is 142 Å². The van der Waals surface area contributed by atoms with Gasteiger partial charge in [0.1, 0.15) is 11.5 Å². The molecule has 11 heteroatoms. The lowest BCUT2D eigenvalue weighted by Crippen LogP contribution is -2.47. The molecule has 0 fully saturated rings. The van der Waals surface area contributed by atoms with Crippen molar-refractivity contribution in [2.45, 2.75) is 39.7 Å². The minimum Gasteiger partial charge on any atom is -0.383 e. The number of hydrogen-bond donors (Lipinski definition) is 4. The maximum atomic E-state index is 12.3. The Bertz CT molecular complexity index is 966. The van der Waals surface area contributed by atoms with E-state index in [1.165, 1.54) is 9.47 Å². The van der Waals surface area contributed by atoms with Crippen molar-refractivity contribution in [1.82, 2.24) is 20.2 Å². The van der Waals surface area contributed by atoms with Crippen LogP contribution in [-0.2, 0) is 17.8 Å². The summed E-state index contributed by atoms with van der Waals surface area (Å²) in [7, 11) is 0. The quantitative estimate of drug-likeness (QED) is 0.435. The summed E-state index contributed by atoms with van der Waals surface area (Å²) in [6, 6.07) is 3.29. The zero-order chi connectivity index (χ0) is 22.1. The number of rotatable bonds is 10. The maximum absolute atomic E-state index is 12.3. The number of aromatic amines is 1. The van der Waals surface area contributed by atoms with Crippen molar-refractivity contribution in [3.63, 3.8) is 0 Å². The van der Waals surface area contributed by atoms with Crippen molar-refractivity contribution in [2.24, 2.45) is 0 Å². The van der Waals surface area contributed by atoms with Gasteiger partial charge >= 0.3 is 11.7 Å². The molecular formula is C19H28N6O4S. The number of carbonyl (C=O) groups is 2. The number of likely N-dealkylation sites (N-methyl/N-ethyl adjacent to an activating group) is 1. The first-order chi connectivity index (χ1) is 14.4. The molecule has 10 nitrogen and oxygen atoms in total. The first kappa shape index (κ1) is 23.2. The van der Waals surface area contributed by atoms with Gasteiger partial charge in [-0.1, -0.05) is 19.4 Å². The van der Waals surface area contributed by atoms with E-state index < -0.39 is 23.2 Å². The highest BCUT2D eigenvalue weighted by atomic mass is 32.1. The van der Waals surface area contributed by atoms with Crippen LogP contribution in [0.5, 0.6) is 0 Å². The van der Waals surface area contributed by atoms with Gasteiger partial charge in [-0.2, -0.15) is 0 Å². The lowest BCUT2D eigenvalue weighted by Gasteiger charge is -2.24. The highest BCUT2D eigenvalue weighted by Crippen LogP contribution is 2.16. The third kappa shape index (κ3) is 6.21. The summed E-state index contributed by atoms with van der Waals surface area (Å²) in [4.78, 5) is 53.5. The first-order valence-corrected chi connectivity index (χ1v) is 10.7. The number of hydrogen-bond acceptors (Lipinski definition) is 7. The average Bonchev–Trinajstić information content (AvgIpc) is 3.20. The van der Waals surface area contributed by atoms with Gasteiger partial charge < -0.3 is 16.0 Å². The number of imide groups is 1. The molecule has 5 N–H and O–H groups in total. The number of aromatic nitrogens is 2. The van der Waals surface area contributed by atoms with Crippen LogP contribution in [0.15, 0.2) is 27.1 Å². The van der Waals surface area contributed by atoms with Crippen LogP contribution in [0.1, 0.15) is 31.6 Å². The van der Waals surface area contributed by atoms with E-state index in [0.29, 0.717) is 25.9 Å². The van der Waals surface area contributed by atoms with Crippen molar-refractivity contribution in [3.05, 3.63) is 43.2 Å². The molecule has 0 saturated heterocycles.